The summed E-state index contributed by atoms with van der Waals surface area (Å²) < 4.78 is 0. The molecular weight excluding hydrogens is 212 g/mol. The number of carboxylic acids is 1. The summed E-state index contributed by atoms with van der Waals surface area (Å²) in [5, 5.41) is 12.8. The molecule has 1 aliphatic carbocycles. The lowest BCUT2D eigenvalue weighted by atomic mass is 10.3. The van der Waals surface area contributed by atoms with Crippen LogP contribution in [0.15, 0.2) is 12.2 Å². The van der Waals surface area contributed by atoms with E-state index >= 15 is 0 Å². The van der Waals surface area contributed by atoms with Crippen molar-refractivity contribution in [3.8, 4) is 0 Å². The predicted molar refractivity (Wildman–Crippen MR) is 55.6 cm³/mol. The van der Waals surface area contributed by atoms with Crippen molar-refractivity contribution < 1.29 is 19.5 Å². The molecule has 0 aromatic heterocycles. The summed E-state index contributed by atoms with van der Waals surface area (Å²) in [6.07, 6.45) is 2.56. The number of hydrogen-bond donors (Lipinski definition) is 3. The van der Waals surface area contributed by atoms with E-state index in [9.17, 15) is 14.4 Å². The van der Waals surface area contributed by atoms with Gasteiger partial charge >= 0.3 is 12.0 Å². The normalized spacial score (nSPS) is 22.8. The van der Waals surface area contributed by atoms with Crippen LogP contribution in [0.25, 0.3) is 0 Å². The molecule has 6 nitrogen and oxygen atoms in total. The summed E-state index contributed by atoms with van der Waals surface area (Å²) in [6.45, 7) is 2.63. The van der Waals surface area contributed by atoms with Crippen molar-refractivity contribution in [2.45, 2.75) is 13.3 Å². The third-order valence-corrected chi connectivity index (χ3v) is 2.41. The van der Waals surface area contributed by atoms with Crippen LogP contribution < -0.4 is 10.6 Å². The standard InChI is InChI=1S/C10H14N2O4/c1-6-4-7(6)5-11-10(16)12-8(13)2-3-9(14)15/h2-3,6-7H,4-5H2,1H3,(H,14,15)(H2,11,12,13,16)/b3-2+. The molecule has 16 heavy (non-hydrogen) atoms. The Morgan fingerprint density at radius 2 is 2.00 bits per heavy atom. The Morgan fingerprint density at radius 1 is 1.38 bits per heavy atom. The monoisotopic (exact) mass is 226 g/mol. The van der Waals surface area contributed by atoms with Crippen LogP contribution in [0, 0.1) is 11.8 Å². The van der Waals surface area contributed by atoms with Gasteiger partial charge in [-0.2, -0.15) is 0 Å². The number of carboxylic acid groups (broad SMARTS) is 1. The molecule has 1 rings (SSSR count). The van der Waals surface area contributed by atoms with Gasteiger partial charge in [0.15, 0.2) is 0 Å². The topological polar surface area (TPSA) is 95.5 Å². The molecule has 0 spiro atoms. The lowest BCUT2D eigenvalue weighted by molar-refractivity contribution is -0.131. The lowest BCUT2D eigenvalue weighted by Gasteiger charge is -2.03. The Kier molecular flexibility index (Phi) is 4.04. The van der Waals surface area contributed by atoms with Crippen LogP contribution in [0.4, 0.5) is 4.79 Å². The highest BCUT2D eigenvalue weighted by atomic mass is 16.4. The number of rotatable bonds is 4. The molecule has 3 amide bonds. The van der Waals surface area contributed by atoms with Crippen LogP contribution in [0.3, 0.4) is 0 Å². The van der Waals surface area contributed by atoms with E-state index in [0.717, 1.165) is 12.5 Å². The third kappa shape index (κ3) is 4.59. The van der Waals surface area contributed by atoms with Crippen LogP contribution in [-0.4, -0.2) is 29.6 Å². The average Bonchev–Trinajstić information content (AvgIpc) is 2.89. The van der Waals surface area contributed by atoms with Crippen LogP contribution in [0.2, 0.25) is 0 Å². The number of urea groups is 1. The van der Waals surface area contributed by atoms with E-state index in [2.05, 4.69) is 12.2 Å². The van der Waals surface area contributed by atoms with Gasteiger partial charge in [-0.1, -0.05) is 6.92 Å². The SMILES string of the molecule is CC1CC1CNC(=O)NC(=O)/C=C/C(=O)O. The van der Waals surface area contributed by atoms with Gasteiger partial charge in [-0.05, 0) is 18.3 Å². The van der Waals surface area contributed by atoms with Crippen molar-refractivity contribution >= 4 is 17.9 Å². The third-order valence-electron chi connectivity index (χ3n) is 2.41. The van der Waals surface area contributed by atoms with E-state index in [1.807, 2.05) is 5.32 Å². The quantitative estimate of drug-likeness (QED) is 0.593. The van der Waals surface area contributed by atoms with Crippen LogP contribution in [0.1, 0.15) is 13.3 Å². The molecule has 1 aliphatic rings. The molecule has 2 unspecified atom stereocenters. The second kappa shape index (κ2) is 5.29. The summed E-state index contributed by atoms with van der Waals surface area (Å²) in [4.78, 5) is 32.2. The summed E-state index contributed by atoms with van der Waals surface area (Å²) in [5.41, 5.74) is 0. The zero-order valence-electron chi connectivity index (χ0n) is 8.90. The summed E-state index contributed by atoms with van der Waals surface area (Å²) in [7, 11) is 0. The highest BCUT2D eigenvalue weighted by Crippen LogP contribution is 2.36. The predicted octanol–water partition coefficient (Wildman–Crippen LogP) is 0.109. The second-order valence-corrected chi connectivity index (χ2v) is 3.84. The van der Waals surface area contributed by atoms with Crippen molar-refractivity contribution in [1.82, 2.24) is 10.6 Å². The Labute approximate surface area is 92.7 Å². The molecule has 0 heterocycles. The average molecular weight is 226 g/mol. The highest BCUT2D eigenvalue weighted by molar-refractivity contribution is 6.02. The maximum absolute atomic E-state index is 11.1. The summed E-state index contributed by atoms with van der Waals surface area (Å²) in [6, 6.07) is -0.598. The van der Waals surface area contributed by atoms with Gasteiger partial charge in [0.1, 0.15) is 0 Å². The summed E-state index contributed by atoms with van der Waals surface area (Å²) in [5.74, 6) is -0.857. The van der Waals surface area contributed by atoms with Crippen molar-refractivity contribution in [2.75, 3.05) is 6.54 Å². The van der Waals surface area contributed by atoms with E-state index in [-0.39, 0.29) is 0 Å². The molecule has 0 radical (unpaired) electrons. The molecule has 0 aromatic carbocycles. The van der Waals surface area contributed by atoms with Gasteiger partial charge in [0.2, 0.25) is 0 Å². The Balaban J connectivity index is 2.17. The number of amides is 3. The first-order valence-corrected chi connectivity index (χ1v) is 4.99. The van der Waals surface area contributed by atoms with Gasteiger partial charge in [-0.25, -0.2) is 9.59 Å². The highest BCUT2D eigenvalue weighted by Gasteiger charge is 2.32. The lowest BCUT2D eigenvalue weighted by Crippen LogP contribution is -2.39. The molecule has 1 saturated carbocycles. The number of nitrogens with one attached hydrogen (secondary N) is 2. The first kappa shape index (κ1) is 12.2. The van der Waals surface area contributed by atoms with Crippen LogP contribution in [-0.2, 0) is 9.59 Å². The fourth-order valence-electron chi connectivity index (χ4n) is 1.25. The second-order valence-electron chi connectivity index (χ2n) is 3.84. The van der Waals surface area contributed by atoms with Gasteiger partial charge in [0.25, 0.3) is 5.91 Å². The van der Waals surface area contributed by atoms with Crippen LogP contribution >= 0.6 is 0 Å². The molecule has 88 valence electrons. The Bertz CT molecular complexity index is 338. The van der Waals surface area contributed by atoms with Crippen LogP contribution in [0.5, 0.6) is 0 Å². The molecule has 3 N–H and O–H groups in total. The van der Waals surface area contributed by atoms with Crippen molar-refractivity contribution in [3.63, 3.8) is 0 Å². The number of imide groups is 1. The number of carbonyl (C=O) groups excluding carboxylic acids is 2. The van der Waals surface area contributed by atoms with E-state index in [1.54, 1.807) is 0 Å². The molecule has 0 aliphatic heterocycles. The number of carbonyl (C=O) groups is 3. The maximum Gasteiger partial charge on any atom is 0.328 e. The molecule has 6 heteroatoms. The molecule has 0 saturated heterocycles. The van der Waals surface area contributed by atoms with Gasteiger partial charge < -0.3 is 10.4 Å². The van der Waals surface area contributed by atoms with Gasteiger partial charge in [0, 0.05) is 18.7 Å². The minimum atomic E-state index is -1.23. The maximum atomic E-state index is 11.1. The van der Waals surface area contributed by atoms with Gasteiger partial charge in [0.05, 0.1) is 0 Å². The molecular formula is C10H14N2O4. The minimum Gasteiger partial charge on any atom is -0.478 e. The largest absolute Gasteiger partial charge is 0.478 e. The van der Waals surface area contributed by atoms with Gasteiger partial charge in [-0.15, -0.1) is 0 Å². The molecule has 0 aromatic rings. The zero-order chi connectivity index (χ0) is 12.1. The number of aliphatic carboxylic acids is 1. The Morgan fingerprint density at radius 3 is 2.50 bits per heavy atom. The Hall–Kier alpha value is -1.85. The molecule has 0 bridgehead atoms. The van der Waals surface area contributed by atoms with E-state index in [4.69, 9.17) is 5.11 Å². The van der Waals surface area contributed by atoms with E-state index in [0.29, 0.717) is 24.5 Å². The fraction of sp³-hybridized carbons (Fsp3) is 0.500. The van der Waals surface area contributed by atoms with Crippen molar-refractivity contribution in [2.24, 2.45) is 11.8 Å². The smallest absolute Gasteiger partial charge is 0.328 e. The first-order chi connectivity index (χ1) is 7.49. The fourth-order valence-corrected chi connectivity index (χ4v) is 1.25. The van der Waals surface area contributed by atoms with E-state index < -0.39 is 17.9 Å². The zero-order valence-corrected chi connectivity index (χ0v) is 8.90. The molecule has 2 atom stereocenters. The number of hydrogen-bond acceptors (Lipinski definition) is 3. The summed E-state index contributed by atoms with van der Waals surface area (Å²) >= 11 is 0. The van der Waals surface area contributed by atoms with Crippen molar-refractivity contribution in [1.29, 1.82) is 0 Å². The first-order valence-electron chi connectivity index (χ1n) is 4.99. The van der Waals surface area contributed by atoms with Gasteiger partial charge in [-0.3, -0.25) is 10.1 Å². The molecule has 1 fully saturated rings. The van der Waals surface area contributed by atoms with Crippen molar-refractivity contribution in [3.05, 3.63) is 12.2 Å². The van der Waals surface area contributed by atoms with E-state index in [1.165, 1.54) is 0 Å². The minimum absolute atomic E-state index is 0.496.